The lowest BCUT2D eigenvalue weighted by molar-refractivity contribution is -0.140. The molecule has 7 heteroatoms. The predicted molar refractivity (Wildman–Crippen MR) is 102 cm³/mol. The zero-order valence-electron chi connectivity index (χ0n) is 15.5. The maximum atomic E-state index is 13.3. The summed E-state index contributed by atoms with van der Waals surface area (Å²) >= 11 is 0. The predicted octanol–water partition coefficient (Wildman–Crippen LogP) is 3.74. The average molecular weight is 392 g/mol. The number of benzene rings is 1. The highest BCUT2D eigenvalue weighted by atomic mass is 19.1. The number of hydrogen-bond acceptors (Lipinski definition) is 5. The number of halogens is 1. The minimum Gasteiger partial charge on any atom is -0.507 e. The van der Waals surface area contributed by atoms with Gasteiger partial charge in [-0.25, -0.2) is 4.39 Å². The Hall–Kier alpha value is -3.74. The van der Waals surface area contributed by atoms with Crippen LogP contribution in [-0.4, -0.2) is 26.7 Å². The lowest BCUT2D eigenvalue weighted by atomic mass is 9.99. The minimum atomic E-state index is -0.921. The Kier molecular flexibility index (Phi) is 4.72. The van der Waals surface area contributed by atoms with E-state index in [2.05, 4.69) is 4.98 Å². The second-order valence-corrected chi connectivity index (χ2v) is 6.70. The number of Topliss-reactive ketones (excluding diaryl/α,β-unsaturated/α-hetero) is 1. The second-order valence-electron chi connectivity index (χ2n) is 6.70. The summed E-state index contributed by atoms with van der Waals surface area (Å²) in [5.74, 6) is -1.51. The number of likely N-dealkylation sites (tertiary alicyclic amines) is 1. The molecule has 1 fully saturated rings. The van der Waals surface area contributed by atoms with Crippen LogP contribution in [0.3, 0.4) is 0 Å². The number of rotatable bonds is 4. The molecule has 1 unspecified atom stereocenters. The number of furan rings is 1. The normalized spacial score (nSPS) is 18.4. The molecule has 1 N–H and O–H groups in total. The van der Waals surface area contributed by atoms with E-state index in [0.717, 1.165) is 0 Å². The number of aliphatic hydroxyl groups excluding tert-OH is 1. The van der Waals surface area contributed by atoms with Gasteiger partial charge in [-0.15, -0.1) is 0 Å². The summed E-state index contributed by atoms with van der Waals surface area (Å²) in [6, 6.07) is 12.8. The van der Waals surface area contributed by atoms with Crippen LogP contribution in [0.4, 0.5) is 4.39 Å². The SMILES string of the molecule is Cc1ccc(C2/C(=C(/O)c3ccc(F)cc3)C(=O)C(=O)N2Cc2ccccn2)o1. The van der Waals surface area contributed by atoms with Crippen LogP contribution in [-0.2, 0) is 16.1 Å². The van der Waals surface area contributed by atoms with Gasteiger partial charge in [-0.3, -0.25) is 14.6 Å². The van der Waals surface area contributed by atoms with Crippen LogP contribution in [0.2, 0.25) is 0 Å². The molecule has 1 aliphatic heterocycles. The number of aryl methyl sites for hydroxylation is 1. The van der Waals surface area contributed by atoms with E-state index < -0.39 is 23.5 Å². The molecule has 0 bridgehead atoms. The van der Waals surface area contributed by atoms with Gasteiger partial charge in [-0.05, 0) is 55.5 Å². The Morgan fingerprint density at radius 2 is 1.90 bits per heavy atom. The van der Waals surface area contributed by atoms with Crippen LogP contribution in [0.5, 0.6) is 0 Å². The molecule has 1 aromatic carbocycles. The van der Waals surface area contributed by atoms with Crippen molar-refractivity contribution >= 4 is 17.4 Å². The fraction of sp³-hybridized carbons (Fsp3) is 0.136. The molecule has 2 aromatic heterocycles. The standard InChI is InChI=1S/C22H17FN2O4/c1-13-5-10-17(29-13)19-18(20(26)14-6-8-15(23)9-7-14)21(27)22(28)25(19)12-16-4-2-3-11-24-16/h2-11,19,26H,12H2,1H3/b20-18-. The molecular weight excluding hydrogens is 375 g/mol. The third-order valence-electron chi connectivity index (χ3n) is 4.75. The van der Waals surface area contributed by atoms with E-state index in [4.69, 9.17) is 4.42 Å². The molecule has 0 aliphatic carbocycles. The Morgan fingerprint density at radius 1 is 1.14 bits per heavy atom. The van der Waals surface area contributed by atoms with E-state index in [-0.39, 0.29) is 23.4 Å². The summed E-state index contributed by atoms with van der Waals surface area (Å²) in [7, 11) is 0. The van der Waals surface area contributed by atoms with Gasteiger partial charge in [0.15, 0.2) is 0 Å². The lowest BCUT2D eigenvalue weighted by Gasteiger charge is -2.23. The zero-order valence-corrected chi connectivity index (χ0v) is 15.5. The number of carbonyl (C=O) groups excluding carboxylic acids is 2. The van der Waals surface area contributed by atoms with Crippen molar-refractivity contribution < 1.29 is 23.5 Å². The van der Waals surface area contributed by atoms with Gasteiger partial charge in [0, 0.05) is 11.8 Å². The van der Waals surface area contributed by atoms with Gasteiger partial charge in [0.05, 0.1) is 17.8 Å². The van der Waals surface area contributed by atoms with Gasteiger partial charge in [0.25, 0.3) is 11.7 Å². The first-order valence-electron chi connectivity index (χ1n) is 8.96. The molecule has 0 spiro atoms. The van der Waals surface area contributed by atoms with Gasteiger partial charge >= 0.3 is 0 Å². The largest absolute Gasteiger partial charge is 0.507 e. The Bertz CT molecular complexity index is 1100. The third-order valence-corrected chi connectivity index (χ3v) is 4.75. The van der Waals surface area contributed by atoms with E-state index in [1.807, 2.05) is 0 Å². The highest BCUT2D eigenvalue weighted by Gasteiger charge is 2.47. The number of pyridine rings is 1. The van der Waals surface area contributed by atoms with Gasteiger partial charge in [0.2, 0.25) is 0 Å². The van der Waals surface area contributed by atoms with Crippen LogP contribution >= 0.6 is 0 Å². The maximum Gasteiger partial charge on any atom is 0.296 e. The van der Waals surface area contributed by atoms with Crippen molar-refractivity contribution in [1.82, 2.24) is 9.88 Å². The van der Waals surface area contributed by atoms with Crippen LogP contribution < -0.4 is 0 Å². The highest BCUT2D eigenvalue weighted by Crippen LogP contribution is 2.40. The molecule has 146 valence electrons. The van der Waals surface area contributed by atoms with E-state index >= 15 is 0 Å². The molecule has 29 heavy (non-hydrogen) atoms. The topological polar surface area (TPSA) is 83.6 Å². The zero-order chi connectivity index (χ0) is 20.5. The van der Waals surface area contributed by atoms with Gasteiger partial charge in [0.1, 0.15) is 29.1 Å². The summed E-state index contributed by atoms with van der Waals surface area (Å²) in [5, 5.41) is 10.8. The van der Waals surface area contributed by atoms with Crippen molar-refractivity contribution in [3.8, 4) is 0 Å². The third kappa shape index (κ3) is 3.42. The van der Waals surface area contributed by atoms with Gasteiger partial charge in [-0.1, -0.05) is 6.07 Å². The average Bonchev–Trinajstić information content (AvgIpc) is 3.25. The van der Waals surface area contributed by atoms with Gasteiger partial charge in [-0.2, -0.15) is 0 Å². The monoisotopic (exact) mass is 392 g/mol. The van der Waals surface area contributed by atoms with Crippen molar-refractivity contribution in [2.24, 2.45) is 0 Å². The molecule has 1 saturated heterocycles. The molecule has 3 aromatic rings. The lowest BCUT2D eigenvalue weighted by Crippen LogP contribution is -2.29. The number of amides is 1. The molecule has 1 atom stereocenters. The molecule has 1 aliphatic rings. The summed E-state index contributed by atoms with van der Waals surface area (Å²) in [6.45, 7) is 1.81. The molecule has 3 heterocycles. The Balaban J connectivity index is 1.84. The molecule has 0 radical (unpaired) electrons. The fourth-order valence-electron chi connectivity index (χ4n) is 3.37. The number of ketones is 1. The molecule has 4 rings (SSSR count). The fourth-order valence-corrected chi connectivity index (χ4v) is 3.37. The summed E-state index contributed by atoms with van der Waals surface area (Å²) < 4.78 is 19.0. The number of aliphatic hydroxyl groups is 1. The van der Waals surface area contributed by atoms with Crippen LogP contribution in [0.1, 0.15) is 28.8 Å². The minimum absolute atomic E-state index is 0.0655. The van der Waals surface area contributed by atoms with Crippen molar-refractivity contribution in [2.45, 2.75) is 19.5 Å². The summed E-state index contributed by atoms with van der Waals surface area (Å²) in [4.78, 5) is 31.2. The number of aromatic nitrogens is 1. The summed E-state index contributed by atoms with van der Waals surface area (Å²) in [6.07, 6.45) is 1.59. The highest BCUT2D eigenvalue weighted by molar-refractivity contribution is 6.46. The van der Waals surface area contributed by atoms with Crippen molar-refractivity contribution in [1.29, 1.82) is 0 Å². The van der Waals surface area contributed by atoms with E-state index in [1.54, 1.807) is 43.5 Å². The van der Waals surface area contributed by atoms with Crippen LogP contribution in [0.25, 0.3) is 5.76 Å². The number of carbonyl (C=O) groups is 2. The van der Waals surface area contributed by atoms with E-state index in [1.165, 1.54) is 29.2 Å². The Labute approximate surface area is 165 Å². The van der Waals surface area contributed by atoms with Crippen LogP contribution in [0.15, 0.2) is 70.8 Å². The smallest absolute Gasteiger partial charge is 0.296 e. The number of nitrogens with zero attached hydrogens (tertiary/aromatic N) is 2. The molecular formula is C22H17FN2O4. The number of hydrogen-bond donors (Lipinski definition) is 1. The van der Waals surface area contributed by atoms with Crippen LogP contribution in [0, 0.1) is 12.7 Å². The second kappa shape index (κ2) is 7.35. The quantitative estimate of drug-likeness (QED) is 0.415. The first kappa shape index (κ1) is 18.6. The van der Waals surface area contributed by atoms with E-state index in [9.17, 15) is 19.1 Å². The van der Waals surface area contributed by atoms with Gasteiger partial charge < -0.3 is 14.4 Å². The first-order valence-corrected chi connectivity index (χ1v) is 8.96. The van der Waals surface area contributed by atoms with Crippen molar-refractivity contribution in [2.75, 3.05) is 0 Å². The maximum absolute atomic E-state index is 13.3. The van der Waals surface area contributed by atoms with Crippen molar-refractivity contribution in [3.05, 3.63) is 95.0 Å². The van der Waals surface area contributed by atoms with Crippen molar-refractivity contribution in [3.63, 3.8) is 0 Å². The molecule has 0 saturated carbocycles. The first-order chi connectivity index (χ1) is 14.0. The molecule has 6 nitrogen and oxygen atoms in total. The van der Waals surface area contributed by atoms with E-state index in [0.29, 0.717) is 17.2 Å². The Morgan fingerprint density at radius 3 is 2.52 bits per heavy atom. The summed E-state index contributed by atoms with van der Waals surface area (Å²) in [5.41, 5.74) is 0.715. The molecule has 1 amide bonds.